The third-order valence-electron chi connectivity index (χ3n) is 3.33. The molecule has 0 aliphatic heterocycles. The van der Waals surface area contributed by atoms with Gasteiger partial charge in [0.15, 0.2) is 5.65 Å². The average Bonchev–Trinajstić information content (AvgIpc) is 2.53. The van der Waals surface area contributed by atoms with Crippen molar-refractivity contribution in [2.45, 2.75) is 13.0 Å². The third-order valence-corrected chi connectivity index (χ3v) is 3.33. The van der Waals surface area contributed by atoms with E-state index in [1.165, 1.54) is 12.4 Å². The lowest BCUT2D eigenvalue weighted by atomic mass is 10.1. The number of anilines is 1. The summed E-state index contributed by atoms with van der Waals surface area (Å²) in [5.41, 5.74) is 1.33. The Bertz CT molecular complexity index is 830. The molecule has 0 aliphatic rings. The maximum Gasteiger partial charge on any atom is 0.286 e. The highest BCUT2D eigenvalue weighted by Gasteiger charge is 2.12. The van der Waals surface area contributed by atoms with Gasteiger partial charge in [0.25, 0.3) is 5.56 Å². The van der Waals surface area contributed by atoms with Crippen LogP contribution in [0, 0.1) is 0 Å². The Balaban J connectivity index is 2.05. The third kappa shape index (κ3) is 2.43. The first-order valence-corrected chi connectivity index (χ1v) is 6.53. The predicted octanol–water partition coefficient (Wildman–Crippen LogP) is 2.20. The normalized spacial score (nSPS) is 12.2. The van der Waals surface area contributed by atoms with Crippen molar-refractivity contribution in [2.75, 3.05) is 5.32 Å². The molecule has 6 heteroatoms. The Labute approximate surface area is 120 Å². The van der Waals surface area contributed by atoms with Crippen LogP contribution in [0.1, 0.15) is 18.5 Å². The first-order chi connectivity index (χ1) is 10.2. The van der Waals surface area contributed by atoms with Crippen molar-refractivity contribution in [3.63, 3.8) is 0 Å². The summed E-state index contributed by atoms with van der Waals surface area (Å²) in [5.74, 6) is 0. The van der Waals surface area contributed by atoms with E-state index in [9.17, 15) is 10.0 Å². The summed E-state index contributed by atoms with van der Waals surface area (Å²) in [7, 11) is 0. The highest BCUT2D eigenvalue weighted by atomic mass is 16.5. The van der Waals surface area contributed by atoms with E-state index in [4.69, 9.17) is 0 Å². The number of nitrogens with zero attached hydrogens (tertiary/aromatic N) is 3. The van der Waals surface area contributed by atoms with Crippen LogP contribution in [0.25, 0.3) is 11.0 Å². The van der Waals surface area contributed by atoms with Gasteiger partial charge in [-0.15, -0.1) is 4.73 Å². The van der Waals surface area contributed by atoms with Gasteiger partial charge in [-0.2, -0.15) is 0 Å². The van der Waals surface area contributed by atoms with Crippen molar-refractivity contribution in [1.29, 1.82) is 0 Å². The largest absolute Gasteiger partial charge is 0.423 e. The molecule has 3 rings (SSSR count). The van der Waals surface area contributed by atoms with Crippen molar-refractivity contribution in [2.24, 2.45) is 0 Å². The molecule has 3 aromatic rings. The van der Waals surface area contributed by atoms with Crippen molar-refractivity contribution in [3.05, 3.63) is 64.8 Å². The minimum Gasteiger partial charge on any atom is -0.423 e. The number of fused-ring (bicyclic) bond motifs is 1. The second-order valence-electron chi connectivity index (χ2n) is 4.74. The van der Waals surface area contributed by atoms with Crippen LogP contribution in [-0.2, 0) is 0 Å². The molecule has 0 saturated heterocycles. The quantitative estimate of drug-likeness (QED) is 0.720. The molecule has 0 fully saturated rings. The van der Waals surface area contributed by atoms with Gasteiger partial charge in [0.1, 0.15) is 6.33 Å². The summed E-state index contributed by atoms with van der Waals surface area (Å²) in [6, 6.07) is 11.2. The molecule has 0 aliphatic carbocycles. The standard InChI is InChI=1S/C15H14N4O2/c1-10(11-5-3-2-4-6-11)18-13-7-14(20)19(21)15-12(13)8-16-9-17-15/h2-10,18,21H,1H3. The Morgan fingerprint density at radius 3 is 2.81 bits per heavy atom. The van der Waals surface area contributed by atoms with Crippen LogP contribution in [0.15, 0.2) is 53.7 Å². The van der Waals surface area contributed by atoms with Crippen molar-refractivity contribution in [3.8, 4) is 0 Å². The summed E-state index contributed by atoms with van der Waals surface area (Å²) in [4.78, 5) is 19.7. The molecule has 0 amide bonds. The molecule has 0 radical (unpaired) electrons. The van der Waals surface area contributed by atoms with Gasteiger partial charge in [-0.25, -0.2) is 9.97 Å². The van der Waals surface area contributed by atoms with Crippen LogP contribution in [-0.4, -0.2) is 19.9 Å². The Morgan fingerprint density at radius 1 is 1.29 bits per heavy atom. The summed E-state index contributed by atoms with van der Waals surface area (Å²) in [6.45, 7) is 2.00. The van der Waals surface area contributed by atoms with Crippen LogP contribution in [0.4, 0.5) is 5.69 Å². The molecular formula is C15H14N4O2. The van der Waals surface area contributed by atoms with Crippen LogP contribution >= 0.6 is 0 Å². The molecule has 2 N–H and O–H groups in total. The summed E-state index contributed by atoms with van der Waals surface area (Å²) < 4.78 is 0.523. The minimum absolute atomic E-state index is 0.00329. The van der Waals surface area contributed by atoms with Gasteiger partial charge in [-0.3, -0.25) is 4.79 Å². The molecule has 21 heavy (non-hydrogen) atoms. The van der Waals surface area contributed by atoms with E-state index in [0.717, 1.165) is 5.56 Å². The number of aromatic nitrogens is 3. The lowest BCUT2D eigenvalue weighted by Crippen LogP contribution is -2.20. The van der Waals surface area contributed by atoms with Gasteiger partial charge >= 0.3 is 0 Å². The number of hydrogen-bond donors (Lipinski definition) is 2. The van der Waals surface area contributed by atoms with E-state index in [-0.39, 0.29) is 11.7 Å². The summed E-state index contributed by atoms with van der Waals surface area (Å²) >= 11 is 0. The van der Waals surface area contributed by atoms with Crippen molar-refractivity contribution in [1.82, 2.24) is 14.7 Å². The van der Waals surface area contributed by atoms with E-state index >= 15 is 0 Å². The molecule has 2 aromatic heterocycles. The van der Waals surface area contributed by atoms with Crippen molar-refractivity contribution < 1.29 is 5.21 Å². The lowest BCUT2D eigenvalue weighted by molar-refractivity contribution is 0.186. The highest BCUT2D eigenvalue weighted by molar-refractivity contribution is 5.88. The fourth-order valence-corrected chi connectivity index (χ4v) is 2.23. The molecular weight excluding hydrogens is 268 g/mol. The predicted molar refractivity (Wildman–Crippen MR) is 79.5 cm³/mol. The zero-order valence-electron chi connectivity index (χ0n) is 11.4. The second-order valence-corrected chi connectivity index (χ2v) is 4.74. The molecule has 1 aromatic carbocycles. The molecule has 0 bridgehead atoms. The lowest BCUT2D eigenvalue weighted by Gasteiger charge is -2.17. The summed E-state index contributed by atoms with van der Waals surface area (Å²) in [6.07, 6.45) is 2.85. The van der Waals surface area contributed by atoms with Crippen LogP contribution in [0.2, 0.25) is 0 Å². The highest BCUT2D eigenvalue weighted by Crippen LogP contribution is 2.23. The molecule has 6 nitrogen and oxygen atoms in total. The topological polar surface area (TPSA) is 80.0 Å². The Hall–Kier alpha value is -2.89. The monoisotopic (exact) mass is 282 g/mol. The van der Waals surface area contributed by atoms with Gasteiger partial charge in [0.2, 0.25) is 0 Å². The number of pyridine rings is 1. The molecule has 0 saturated carbocycles. The van der Waals surface area contributed by atoms with Gasteiger partial charge in [-0.1, -0.05) is 30.3 Å². The average molecular weight is 282 g/mol. The zero-order valence-corrected chi connectivity index (χ0v) is 11.4. The second kappa shape index (κ2) is 5.24. The minimum atomic E-state index is -0.538. The van der Waals surface area contributed by atoms with E-state index in [0.29, 0.717) is 15.8 Å². The smallest absolute Gasteiger partial charge is 0.286 e. The number of rotatable bonds is 3. The molecule has 0 spiro atoms. The molecule has 1 atom stereocenters. The van der Waals surface area contributed by atoms with Gasteiger partial charge in [-0.05, 0) is 12.5 Å². The SMILES string of the molecule is CC(Nc1cc(=O)n(O)c2ncncc12)c1ccccc1. The van der Waals surface area contributed by atoms with E-state index in [1.54, 1.807) is 6.20 Å². The zero-order chi connectivity index (χ0) is 14.8. The maximum absolute atomic E-state index is 11.8. The van der Waals surface area contributed by atoms with Crippen LogP contribution in [0.3, 0.4) is 0 Å². The van der Waals surface area contributed by atoms with Gasteiger partial charge in [0, 0.05) is 18.3 Å². The number of nitrogens with one attached hydrogen (secondary N) is 1. The van der Waals surface area contributed by atoms with E-state index in [2.05, 4.69) is 15.3 Å². The Kier molecular flexibility index (Phi) is 3.27. The fourth-order valence-electron chi connectivity index (χ4n) is 2.23. The molecule has 1 unspecified atom stereocenters. The van der Waals surface area contributed by atoms with E-state index < -0.39 is 5.56 Å². The Morgan fingerprint density at radius 2 is 2.05 bits per heavy atom. The van der Waals surface area contributed by atoms with Crippen LogP contribution < -0.4 is 10.9 Å². The number of hydrogen-bond acceptors (Lipinski definition) is 5. The summed E-state index contributed by atoms with van der Waals surface area (Å²) in [5, 5.41) is 13.6. The van der Waals surface area contributed by atoms with Crippen molar-refractivity contribution >= 4 is 16.7 Å². The van der Waals surface area contributed by atoms with E-state index in [1.807, 2.05) is 37.3 Å². The maximum atomic E-state index is 11.8. The first kappa shape index (κ1) is 13.1. The molecule has 106 valence electrons. The van der Waals surface area contributed by atoms with Gasteiger partial charge in [0.05, 0.1) is 11.1 Å². The van der Waals surface area contributed by atoms with Crippen LogP contribution in [0.5, 0.6) is 0 Å². The first-order valence-electron chi connectivity index (χ1n) is 6.53. The number of benzene rings is 1. The fraction of sp³-hybridized carbons (Fsp3) is 0.133. The van der Waals surface area contributed by atoms with Gasteiger partial charge < -0.3 is 10.5 Å². The molecule has 2 heterocycles.